The maximum absolute atomic E-state index is 10.8. The summed E-state index contributed by atoms with van der Waals surface area (Å²) in [4.78, 5) is 15.3. The van der Waals surface area contributed by atoms with E-state index < -0.39 is 12.0 Å². The molecule has 1 aromatic carbocycles. The van der Waals surface area contributed by atoms with Crippen LogP contribution in [-0.4, -0.2) is 34.9 Å². The second-order valence-corrected chi connectivity index (χ2v) is 6.14. The predicted octanol–water partition coefficient (Wildman–Crippen LogP) is 2.45. The monoisotopic (exact) mass is 282 g/mol. The average Bonchev–Trinajstić information content (AvgIpc) is 2.76. The average molecular weight is 282 g/mol. The molecule has 0 saturated carbocycles. The van der Waals surface area contributed by atoms with Crippen LogP contribution in [0.1, 0.15) is 6.42 Å². The lowest BCUT2D eigenvalue weighted by Gasteiger charge is -2.09. The number of carboxylic acid groups (broad SMARTS) is 1. The van der Waals surface area contributed by atoms with Crippen LogP contribution >= 0.6 is 23.1 Å². The van der Waals surface area contributed by atoms with E-state index in [4.69, 9.17) is 5.11 Å². The number of nitrogens with one attached hydrogen (secondary N) is 1. The number of benzene rings is 1. The fourth-order valence-electron chi connectivity index (χ4n) is 1.57. The number of nitrogens with zero attached hydrogens (tertiary/aromatic N) is 1. The smallest absolute Gasteiger partial charge is 0.320 e. The van der Waals surface area contributed by atoms with Crippen molar-refractivity contribution < 1.29 is 9.90 Å². The molecule has 1 atom stereocenters. The Morgan fingerprint density at radius 1 is 1.56 bits per heavy atom. The zero-order valence-electron chi connectivity index (χ0n) is 9.92. The molecule has 96 valence electrons. The fourth-order valence-corrected chi connectivity index (χ4v) is 3.71. The number of carbonyl (C=O) groups is 1. The van der Waals surface area contributed by atoms with Gasteiger partial charge in [0.15, 0.2) is 4.34 Å². The molecule has 1 heterocycles. The molecular weight excluding hydrogens is 268 g/mol. The Kier molecular flexibility index (Phi) is 4.57. The first-order valence-corrected chi connectivity index (χ1v) is 7.39. The lowest BCUT2D eigenvalue weighted by molar-refractivity contribution is -0.139. The molecule has 0 fully saturated rings. The molecule has 0 spiro atoms. The van der Waals surface area contributed by atoms with E-state index in [2.05, 4.69) is 10.3 Å². The number of carboxylic acids is 1. The maximum atomic E-state index is 10.8. The summed E-state index contributed by atoms with van der Waals surface area (Å²) in [5.74, 6) is -0.0557. The van der Waals surface area contributed by atoms with E-state index in [1.165, 1.54) is 4.70 Å². The first-order valence-electron chi connectivity index (χ1n) is 5.59. The van der Waals surface area contributed by atoms with Crippen LogP contribution in [-0.2, 0) is 4.79 Å². The summed E-state index contributed by atoms with van der Waals surface area (Å²) in [6.45, 7) is 0. The highest BCUT2D eigenvalue weighted by molar-refractivity contribution is 8.01. The molecule has 0 aliphatic rings. The van der Waals surface area contributed by atoms with Crippen molar-refractivity contribution in [2.45, 2.75) is 16.8 Å². The Hall–Kier alpha value is -1.11. The largest absolute Gasteiger partial charge is 0.480 e. The van der Waals surface area contributed by atoms with Crippen molar-refractivity contribution in [3.05, 3.63) is 24.3 Å². The summed E-state index contributed by atoms with van der Waals surface area (Å²) < 4.78 is 2.17. The van der Waals surface area contributed by atoms with Crippen LogP contribution in [0.15, 0.2) is 28.6 Å². The van der Waals surface area contributed by atoms with Crippen molar-refractivity contribution in [2.24, 2.45) is 0 Å². The van der Waals surface area contributed by atoms with Gasteiger partial charge in [0.1, 0.15) is 6.04 Å². The third kappa shape index (κ3) is 3.22. The molecular formula is C12H14N2O2S2. The van der Waals surface area contributed by atoms with E-state index in [1.807, 2.05) is 24.3 Å². The minimum absolute atomic E-state index is 0.480. The third-order valence-corrected chi connectivity index (χ3v) is 4.77. The van der Waals surface area contributed by atoms with Crippen molar-refractivity contribution in [1.82, 2.24) is 10.3 Å². The zero-order valence-corrected chi connectivity index (χ0v) is 11.6. The lowest BCUT2D eigenvalue weighted by Crippen LogP contribution is -2.34. The van der Waals surface area contributed by atoms with Gasteiger partial charge >= 0.3 is 5.97 Å². The van der Waals surface area contributed by atoms with Gasteiger partial charge in [-0.3, -0.25) is 4.79 Å². The SMILES string of the molecule is CNC(CCSc1nc2ccccc2s1)C(=O)O. The van der Waals surface area contributed by atoms with Crippen molar-refractivity contribution in [1.29, 1.82) is 0 Å². The molecule has 18 heavy (non-hydrogen) atoms. The van der Waals surface area contributed by atoms with Gasteiger partial charge in [-0.15, -0.1) is 11.3 Å². The number of aromatic nitrogens is 1. The van der Waals surface area contributed by atoms with E-state index in [0.717, 1.165) is 15.6 Å². The molecule has 0 radical (unpaired) electrons. The maximum Gasteiger partial charge on any atom is 0.320 e. The molecule has 2 N–H and O–H groups in total. The molecule has 6 heteroatoms. The fraction of sp³-hybridized carbons (Fsp3) is 0.333. The quantitative estimate of drug-likeness (QED) is 0.797. The van der Waals surface area contributed by atoms with Crippen molar-refractivity contribution >= 4 is 39.3 Å². The first kappa shape index (κ1) is 13.3. The standard InChI is InChI=1S/C12H14N2O2S2/c1-13-9(11(15)16)6-7-17-12-14-8-4-2-3-5-10(8)18-12/h2-5,9,13H,6-7H2,1H3,(H,15,16). The van der Waals surface area contributed by atoms with Crippen LogP contribution in [0, 0.1) is 0 Å². The van der Waals surface area contributed by atoms with E-state index in [9.17, 15) is 4.79 Å². The Morgan fingerprint density at radius 2 is 2.33 bits per heavy atom. The molecule has 2 rings (SSSR count). The van der Waals surface area contributed by atoms with Crippen molar-refractivity contribution in [3.8, 4) is 0 Å². The summed E-state index contributed by atoms with van der Waals surface area (Å²) in [5, 5.41) is 11.7. The number of para-hydroxylation sites is 1. The van der Waals surface area contributed by atoms with Crippen LogP contribution in [0.5, 0.6) is 0 Å². The zero-order chi connectivity index (χ0) is 13.0. The summed E-state index contributed by atoms with van der Waals surface area (Å²) in [6, 6.07) is 7.52. The lowest BCUT2D eigenvalue weighted by atomic mass is 10.2. The highest BCUT2D eigenvalue weighted by atomic mass is 32.2. The van der Waals surface area contributed by atoms with Gasteiger partial charge in [-0.1, -0.05) is 23.9 Å². The Labute approximate surface area is 113 Å². The number of thioether (sulfide) groups is 1. The molecule has 4 nitrogen and oxygen atoms in total. The molecule has 0 aliphatic heterocycles. The number of thiazole rings is 1. The van der Waals surface area contributed by atoms with Gasteiger partial charge in [0, 0.05) is 5.75 Å². The van der Waals surface area contributed by atoms with Crippen LogP contribution in [0.2, 0.25) is 0 Å². The molecule has 0 aliphatic carbocycles. The normalized spacial score (nSPS) is 12.7. The van der Waals surface area contributed by atoms with E-state index in [0.29, 0.717) is 6.42 Å². The molecule has 1 aromatic heterocycles. The molecule has 1 unspecified atom stereocenters. The van der Waals surface area contributed by atoms with Gasteiger partial charge in [0.25, 0.3) is 0 Å². The van der Waals surface area contributed by atoms with Gasteiger partial charge in [-0.05, 0) is 25.6 Å². The number of hydrogen-bond acceptors (Lipinski definition) is 5. The van der Waals surface area contributed by atoms with Crippen LogP contribution in [0.3, 0.4) is 0 Å². The number of fused-ring (bicyclic) bond motifs is 1. The predicted molar refractivity (Wildman–Crippen MR) is 75.4 cm³/mol. The summed E-state index contributed by atoms with van der Waals surface area (Å²) in [5.41, 5.74) is 1.01. The minimum atomic E-state index is -0.803. The number of likely N-dealkylation sites (N-methyl/N-ethyl adjacent to an activating group) is 1. The number of aliphatic carboxylic acids is 1. The molecule has 0 amide bonds. The second-order valence-electron chi connectivity index (χ2n) is 3.76. The van der Waals surface area contributed by atoms with Crippen LogP contribution in [0.25, 0.3) is 10.2 Å². The minimum Gasteiger partial charge on any atom is -0.480 e. The van der Waals surface area contributed by atoms with Gasteiger partial charge in [-0.25, -0.2) is 4.98 Å². The Balaban J connectivity index is 1.92. The summed E-state index contributed by atoms with van der Waals surface area (Å²) >= 11 is 3.26. The van der Waals surface area contributed by atoms with Crippen molar-refractivity contribution in [2.75, 3.05) is 12.8 Å². The van der Waals surface area contributed by atoms with E-state index in [-0.39, 0.29) is 0 Å². The number of hydrogen-bond donors (Lipinski definition) is 2. The molecule has 0 bridgehead atoms. The topological polar surface area (TPSA) is 62.2 Å². The van der Waals surface area contributed by atoms with Gasteiger partial charge in [-0.2, -0.15) is 0 Å². The summed E-state index contributed by atoms with van der Waals surface area (Å²) in [6.07, 6.45) is 0.590. The van der Waals surface area contributed by atoms with Gasteiger partial charge in [0.2, 0.25) is 0 Å². The highest BCUT2D eigenvalue weighted by Gasteiger charge is 2.14. The van der Waals surface area contributed by atoms with Crippen LogP contribution < -0.4 is 5.32 Å². The Morgan fingerprint density at radius 3 is 3.00 bits per heavy atom. The summed E-state index contributed by atoms with van der Waals surface area (Å²) in [7, 11) is 1.67. The molecule has 0 saturated heterocycles. The van der Waals surface area contributed by atoms with E-state index >= 15 is 0 Å². The second kappa shape index (κ2) is 6.17. The van der Waals surface area contributed by atoms with Crippen LogP contribution in [0.4, 0.5) is 0 Å². The number of rotatable bonds is 6. The van der Waals surface area contributed by atoms with Crippen molar-refractivity contribution in [3.63, 3.8) is 0 Å². The third-order valence-electron chi connectivity index (χ3n) is 2.55. The van der Waals surface area contributed by atoms with Gasteiger partial charge < -0.3 is 10.4 Å². The molecule has 2 aromatic rings. The Bertz CT molecular complexity index is 509. The first-order chi connectivity index (χ1) is 8.70. The highest BCUT2D eigenvalue weighted by Crippen LogP contribution is 2.29. The van der Waals surface area contributed by atoms with Gasteiger partial charge in [0.05, 0.1) is 10.2 Å². The van der Waals surface area contributed by atoms with E-state index in [1.54, 1.807) is 30.1 Å².